The minimum atomic E-state index is -1.06. The zero-order valence-electron chi connectivity index (χ0n) is 24.6. The number of hydrogen-bond donors (Lipinski definition) is 3. The van der Waals surface area contributed by atoms with Crippen LogP contribution in [0.25, 0.3) is 0 Å². The number of fused-ring (bicyclic) bond motifs is 1. The molecule has 42 heavy (non-hydrogen) atoms. The molecule has 3 aliphatic heterocycles. The van der Waals surface area contributed by atoms with Crippen LogP contribution < -0.4 is 15.4 Å². The molecule has 3 N–H and O–H groups in total. The van der Waals surface area contributed by atoms with E-state index in [9.17, 15) is 14.4 Å². The molecule has 0 radical (unpaired) electrons. The number of aliphatic hydroxyl groups excluding tert-OH is 1. The predicted octanol–water partition coefficient (Wildman–Crippen LogP) is 4.05. The summed E-state index contributed by atoms with van der Waals surface area (Å²) in [7, 11) is 0. The average Bonchev–Trinajstić information content (AvgIpc) is 3.61. The summed E-state index contributed by atoms with van der Waals surface area (Å²) in [6.45, 7) is 5.34. The second kappa shape index (κ2) is 12.8. The number of unbranched alkanes of at least 4 members (excludes halogenated alkanes) is 3. The molecule has 3 fully saturated rings. The van der Waals surface area contributed by atoms with Crippen LogP contribution in [0.5, 0.6) is 5.75 Å². The van der Waals surface area contributed by atoms with Crippen LogP contribution in [0, 0.1) is 11.8 Å². The summed E-state index contributed by atoms with van der Waals surface area (Å²) in [5, 5.41) is 15.3. The molecule has 226 valence electrons. The first-order valence-corrected chi connectivity index (χ1v) is 15.4. The molecule has 3 amide bonds. The van der Waals surface area contributed by atoms with Gasteiger partial charge in [-0.05, 0) is 68.9 Å². The first kappa shape index (κ1) is 30.0. The summed E-state index contributed by atoms with van der Waals surface area (Å²) >= 11 is 0. The van der Waals surface area contributed by atoms with Gasteiger partial charge in [0.15, 0.2) is 0 Å². The Morgan fingerprint density at radius 3 is 2.43 bits per heavy atom. The van der Waals surface area contributed by atoms with Crippen LogP contribution in [0.3, 0.4) is 0 Å². The number of hydrogen-bond acceptors (Lipinski definition) is 6. The highest BCUT2D eigenvalue weighted by Gasteiger charge is 2.78. The molecular weight excluding hydrogens is 534 g/mol. The van der Waals surface area contributed by atoms with E-state index in [1.165, 1.54) is 0 Å². The van der Waals surface area contributed by atoms with Gasteiger partial charge in [-0.3, -0.25) is 14.4 Å². The minimum Gasteiger partial charge on any atom is -0.494 e. The van der Waals surface area contributed by atoms with Crippen LogP contribution in [0.1, 0.15) is 64.4 Å². The number of ether oxygens (including phenoxy) is 2. The molecule has 2 aromatic carbocycles. The molecule has 3 aliphatic rings. The molecule has 2 bridgehead atoms. The van der Waals surface area contributed by atoms with E-state index in [4.69, 9.17) is 14.6 Å². The number of nitrogens with zero attached hydrogens (tertiary/aromatic N) is 1. The fourth-order valence-corrected chi connectivity index (χ4v) is 7.31. The summed E-state index contributed by atoms with van der Waals surface area (Å²) in [6, 6.07) is 16.1. The molecule has 3 heterocycles. The smallest absolute Gasteiger partial charge is 0.246 e. The van der Waals surface area contributed by atoms with Gasteiger partial charge in [0.25, 0.3) is 0 Å². The van der Waals surface area contributed by atoms with E-state index < -0.39 is 29.1 Å². The Morgan fingerprint density at radius 1 is 1.00 bits per heavy atom. The van der Waals surface area contributed by atoms with E-state index in [-0.39, 0.29) is 24.3 Å². The zero-order valence-corrected chi connectivity index (χ0v) is 24.6. The number of anilines is 1. The van der Waals surface area contributed by atoms with Gasteiger partial charge >= 0.3 is 0 Å². The van der Waals surface area contributed by atoms with Crippen molar-refractivity contribution >= 4 is 23.4 Å². The van der Waals surface area contributed by atoms with Gasteiger partial charge in [0.05, 0.1) is 24.0 Å². The number of carbonyl (C=O) groups is 3. The van der Waals surface area contributed by atoms with Crippen LogP contribution in [-0.4, -0.2) is 64.7 Å². The van der Waals surface area contributed by atoms with E-state index in [0.29, 0.717) is 63.2 Å². The monoisotopic (exact) mass is 577 g/mol. The molecule has 0 aliphatic carbocycles. The predicted molar refractivity (Wildman–Crippen MR) is 159 cm³/mol. The number of likely N-dealkylation sites (tertiary alicyclic amines) is 1. The van der Waals surface area contributed by atoms with Crippen LogP contribution in [0.2, 0.25) is 0 Å². The molecule has 2 aromatic rings. The number of amides is 3. The molecule has 0 saturated carbocycles. The van der Waals surface area contributed by atoms with Gasteiger partial charge in [0, 0.05) is 25.4 Å². The Bertz CT molecular complexity index is 1250. The summed E-state index contributed by atoms with van der Waals surface area (Å²) in [6.07, 6.45) is 4.83. The van der Waals surface area contributed by atoms with Crippen molar-refractivity contribution in [1.29, 1.82) is 0 Å². The largest absolute Gasteiger partial charge is 0.494 e. The Balaban J connectivity index is 1.41. The SMILES string of the molecule is CCOc1ccc(NC(=O)[C@H]2[C@H]3C(=O)N(CCCCCCO)C(C(=O)NCc4ccccc4)C34CC[C@]2(CC)O4)cc1. The van der Waals surface area contributed by atoms with Crippen molar-refractivity contribution in [1.82, 2.24) is 10.2 Å². The Hall–Kier alpha value is -3.43. The first-order chi connectivity index (χ1) is 20.4. The van der Waals surface area contributed by atoms with Gasteiger partial charge in [-0.25, -0.2) is 0 Å². The van der Waals surface area contributed by atoms with Crippen LogP contribution in [0.4, 0.5) is 5.69 Å². The highest BCUT2D eigenvalue weighted by molar-refractivity contribution is 6.02. The number of nitrogens with one attached hydrogen (secondary N) is 2. The molecule has 9 heteroatoms. The maximum absolute atomic E-state index is 14.3. The van der Waals surface area contributed by atoms with Crippen LogP contribution in [-0.2, 0) is 25.7 Å². The molecule has 1 spiro atoms. The van der Waals surface area contributed by atoms with Gasteiger partial charge < -0.3 is 30.1 Å². The quantitative estimate of drug-likeness (QED) is 0.292. The van der Waals surface area contributed by atoms with Crippen molar-refractivity contribution in [3.63, 3.8) is 0 Å². The zero-order chi connectivity index (χ0) is 29.7. The van der Waals surface area contributed by atoms with Gasteiger partial charge in [-0.1, -0.05) is 50.1 Å². The third kappa shape index (κ3) is 5.52. The lowest BCUT2D eigenvalue weighted by molar-refractivity contribution is -0.146. The summed E-state index contributed by atoms with van der Waals surface area (Å²) in [5.74, 6) is -1.41. The fraction of sp³-hybridized carbons (Fsp3) is 0.545. The van der Waals surface area contributed by atoms with Gasteiger partial charge in [-0.15, -0.1) is 0 Å². The molecule has 3 saturated heterocycles. The lowest BCUT2D eigenvalue weighted by atomic mass is 9.65. The van der Waals surface area contributed by atoms with Gasteiger partial charge in [0.2, 0.25) is 17.7 Å². The van der Waals surface area contributed by atoms with Gasteiger partial charge in [-0.2, -0.15) is 0 Å². The van der Waals surface area contributed by atoms with Crippen LogP contribution >= 0.6 is 0 Å². The lowest BCUT2D eigenvalue weighted by Gasteiger charge is -2.34. The summed E-state index contributed by atoms with van der Waals surface area (Å²) < 4.78 is 12.4. The first-order valence-electron chi connectivity index (χ1n) is 15.4. The molecular formula is C33H43N3O6. The van der Waals surface area contributed by atoms with Crippen LogP contribution in [0.15, 0.2) is 54.6 Å². The molecule has 5 rings (SSSR count). The van der Waals surface area contributed by atoms with E-state index in [2.05, 4.69) is 10.6 Å². The molecule has 2 unspecified atom stereocenters. The average molecular weight is 578 g/mol. The maximum Gasteiger partial charge on any atom is 0.246 e. The summed E-state index contributed by atoms with van der Waals surface area (Å²) in [5.41, 5.74) is -0.274. The van der Waals surface area contributed by atoms with Crippen molar-refractivity contribution in [2.45, 2.75) is 82.6 Å². The third-order valence-corrected chi connectivity index (χ3v) is 9.26. The normalized spacial score (nSPS) is 27.6. The minimum absolute atomic E-state index is 0.135. The second-order valence-corrected chi connectivity index (χ2v) is 11.7. The van der Waals surface area contributed by atoms with E-state index in [0.717, 1.165) is 18.4 Å². The maximum atomic E-state index is 14.3. The molecule has 5 atom stereocenters. The lowest BCUT2D eigenvalue weighted by Crippen LogP contribution is -2.55. The molecule has 9 nitrogen and oxygen atoms in total. The second-order valence-electron chi connectivity index (χ2n) is 11.7. The molecule has 0 aromatic heterocycles. The standard InChI is InChI=1S/C33H43N3O6/c1-3-32-18-19-33(42-32)27(26(32)29(38)35-24-14-16-25(17-15-24)41-4-2)31(40)36(20-10-5-6-11-21-37)28(33)30(39)34-22-23-12-8-7-9-13-23/h7-9,12-17,26-28,37H,3-6,10-11,18-22H2,1-2H3,(H,34,39)(H,35,38)/t26-,27+,28?,32+,33?/m1/s1. The van der Waals surface area contributed by atoms with Crippen molar-refractivity contribution in [2.24, 2.45) is 11.8 Å². The fourth-order valence-electron chi connectivity index (χ4n) is 7.31. The summed E-state index contributed by atoms with van der Waals surface area (Å²) in [4.78, 5) is 43.8. The topological polar surface area (TPSA) is 117 Å². The Morgan fingerprint density at radius 2 is 1.74 bits per heavy atom. The number of aliphatic hydroxyl groups is 1. The van der Waals surface area contributed by atoms with E-state index in [1.54, 1.807) is 29.2 Å². The number of rotatable bonds is 14. The van der Waals surface area contributed by atoms with Crippen molar-refractivity contribution < 1.29 is 29.0 Å². The van der Waals surface area contributed by atoms with Gasteiger partial charge in [0.1, 0.15) is 17.4 Å². The Labute approximate surface area is 248 Å². The van der Waals surface area contributed by atoms with Crippen molar-refractivity contribution in [2.75, 3.05) is 25.1 Å². The highest BCUT2D eigenvalue weighted by atomic mass is 16.5. The van der Waals surface area contributed by atoms with Crippen molar-refractivity contribution in [3.05, 3.63) is 60.2 Å². The van der Waals surface area contributed by atoms with E-state index in [1.807, 2.05) is 44.2 Å². The van der Waals surface area contributed by atoms with E-state index >= 15 is 0 Å². The number of carbonyl (C=O) groups excluding carboxylic acids is 3. The third-order valence-electron chi connectivity index (χ3n) is 9.26. The number of benzene rings is 2. The highest BCUT2D eigenvalue weighted by Crippen LogP contribution is 2.64. The Kier molecular flexibility index (Phi) is 9.18. The van der Waals surface area contributed by atoms with Crippen molar-refractivity contribution in [3.8, 4) is 5.75 Å².